The molecule has 0 aliphatic heterocycles. The summed E-state index contributed by atoms with van der Waals surface area (Å²) < 4.78 is 4.67. The van der Waals surface area contributed by atoms with E-state index in [1.165, 1.54) is 0 Å². The third-order valence-corrected chi connectivity index (χ3v) is 1.74. The van der Waals surface area contributed by atoms with Gasteiger partial charge >= 0.3 is 5.97 Å². The molecule has 0 bridgehead atoms. The van der Waals surface area contributed by atoms with Gasteiger partial charge in [-0.1, -0.05) is 13.8 Å². The van der Waals surface area contributed by atoms with Crippen molar-refractivity contribution in [1.29, 1.82) is 0 Å². The maximum atomic E-state index is 11.6. The molecule has 0 fully saturated rings. The molecular weight excluding hydrogens is 194 g/mol. The van der Waals surface area contributed by atoms with Gasteiger partial charge in [0.15, 0.2) is 0 Å². The standard InChI is InChI=1S/C11H19NO3/c1-6-15-11(14)10(13)9(8(2)3)7-12(4)5/h7-8H,6H2,1-5H3. The summed E-state index contributed by atoms with van der Waals surface area (Å²) in [6.45, 7) is 5.63. The van der Waals surface area contributed by atoms with Crippen LogP contribution in [0.15, 0.2) is 11.8 Å². The van der Waals surface area contributed by atoms with Gasteiger partial charge in [0, 0.05) is 25.9 Å². The van der Waals surface area contributed by atoms with Crippen molar-refractivity contribution in [1.82, 2.24) is 4.90 Å². The number of carbonyl (C=O) groups excluding carboxylic acids is 2. The van der Waals surface area contributed by atoms with Crippen molar-refractivity contribution in [2.45, 2.75) is 20.8 Å². The molecule has 0 unspecified atom stereocenters. The van der Waals surface area contributed by atoms with Gasteiger partial charge in [0.2, 0.25) is 0 Å². The Hall–Kier alpha value is -1.32. The highest BCUT2D eigenvalue weighted by molar-refractivity contribution is 6.40. The molecule has 0 aliphatic carbocycles. The Balaban J connectivity index is 4.79. The summed E-state index contributed by atoms with van der Waals surface area (Å²) in [5, 5.41) is 0. The molecule has 0 aliphatic rings. The van der Waals surface area contributed by atoms with Gasteiger partial charge in [0.1, 0.15) is 0 Å². The second-order valence-corrected chi connectivity index (χ2v) is 3.75. The van der Waals surface area contributed by atoms with Crippen LogP contribution in [0.1, 0.15) is 20.8 Å². The SMILES string of the molecule is CCOC(=O)C(=O)C(=CN(C)C)C(C)C. The van der Waals surface area contributed by atoms with Crippen LogP contribution in [0.5, 0.6) is 0 Å². The first-order valence-corrected chi connectivity index (χ1v) is 4.99. The summed E-state index contributed by atoms with van der Waals surface area (Å²) in [4.78, 5) is 24.6. The highest BCUT2D eigenvalue weighted by Gasteiger charge is 2.22. The molecule has 0 aromatic carbocycles. The second-order valence-electron chi connectivity index (χ2n) is 3.75. The largest absolute Gasteiger partial charge is 0.460 e. The molecule has 0 rings (SSSR count). The smallest absolute Gasteiger partial charge is 0.379 e. The fourth-order valence-corrected chi connectivity index (χ4v) is 1.06. The number of ketones is 1. The van der Waals surface area contributed by atoms with Crippen LogP contribution >= 0.6 is 0 Å². The first kappa shape index (κ1) is 13.7. The monoisotopic (exact) mass is 213 g/mol. The quantitative estimate of drug-likeness (QED) is 0.391. The van der Waals surface area contributed by atoms with Crippen LogP contribution in [0.4, 0.5) is 0 Å². The fraction of sp³-hybridized carbons (Fsp3) is 0.636. The maximum Gasteiger partial charge on any atom is 0.379 e. The highest BCUT2D eigenvalue weighted by Crippen LogP contribution is 2.12. The van der Waals surface area contributed by atoms with Gasteiger partial charge in [-0.2, -0.15) is 0 Å². The van der Waals surface area contributed by atoms with E-state index in [9.17, 15) is 9.59 Å². The summed E-state index contributed by atoms with van der Waals surface area (Å²) in [5.74, 6) is -1.33. The lowest BCUT2D eigenvalue weighted by Gasteiger charge is -2.13. The Labute approximate surface area is 90.9 Å². The molecule has 0 saturated carbocycles. The predicted octanol–water partition coefficient (Wildman–Crippen LogP) is 1.22. The minimum absolute atomic E-state index is 0.00399. The van der Waals surface area contributed by atoms with E-state index >= 15 is 0 Å². The number of esters is 1. The van der Waals surface area contributed by atoms with Gasteiger partial charge in [-0.25, -0.2) is 4.79 Å². The average Bonchev–Trinajstić information content (AvgIpc) is 2.12. The number of ether oxygens (including phenoxy) is 1. The number of hydrogen-bond acceptors (Lipinski definition) is 4. The van der Waals surface area contributed by atoms with E-state index in [1.807, 2.05) is 13.8 Å². The lowest BCUT2D eigenvalue weighted by Crippen LogP contribution is -2.23. The third kappa shape index (κ3) is 4.63. The molecule has 0 saturated heterocycles. The normalized spacial score (nSPS) is 11.5. The molecule has 0 radical (unpaired) electrons. The van der Waals surface area contributed by atoms with E-state index in [0.29, 0.717) is 5.57 Å². The van der Waals surface area contributed by atoms with Crippen LogP contribution in [0, 0.1) is 5.92 Å². The van der Waals surface area contributed by atoms with E-state index in [2.05, 4.69) is 4.74 Å². The molecule has 15 heavy (non-hydrogen) atoms. The number of carbonyl (C=O) groups is 2. The van der Waals surface area contributed by atoms with E-state index in [4.69, 9.17) is 0 Å². The highest BCUT2D eigenvalue weighted by atomic mass is 16.5. The molecule has 86 valence electrons. The maximum absolute atomic E-state index is 11.6. The van der Waals surface area contributed by atoms with Crippen molar-refractivity contribution in [3.05, 3.63) is 11.8 Å². The average molecular weight is 213 g/mol. The number of Topliss-reactive ketones (excluding diaryl/α,β-unsaturated/α-hetero) is 1. The zero-order chi connectivity index (χ0) is 12.0. The van der Waals surface area contributed by atoms with E-state index in [0.717, 1.165) is 0 Å². The fourth-order valence-electron chi connectivity index (χ4n) is 1.06. The lowest BCUT2D eigenvalue weighted by molar-refractivity contribution is -0.152. The van der Waals surface area contributed by atoms with Crippen LogP contribution in [0.2, 0.25) is 0 Å². The zero-order valence-corrected chi connectivity index (χ0v) is 10.0. The van der Waals surface area contributed by atoms with E-state index < -0.39 is 11.8 Å². The van der Waals surface area contributed by atoms with Crippen molar-refractivity contribution in [2.75, 3.05) is 20.7 Å². The van der Waals surface area contributed by atoms with Crippen LogP contribution in [-0.4, -0.2) is 37.4 Å². The summed E-state index contributed by atoms with van der Waals surface area (Å²) in [5.41, 5.74) is 0.471. The van der Waals surface area contributed by atoms with Gasteiger partial charge in [-0.05, 0) is 12.8 Å². The van der Waals surface area contributed by atoms with Crippen molar-refractivity contribution in [3.8, 4) is 0 Å². The Bertz CT molecular complexity index is 267. The molecule has 4 heteroatoms. The Morgan fingerprint density at radius 1 is 1.33 bits per heavy atom. The Kier molecular flexibility index (Phi) is 5.67. The van der Waals surface area contributed by atoms with Gasteiger partial charge in [-0.3, -0.25) is 4.79 Å². The van der Waals surface area contributed by atoms with Crippen LogP contribution in [0.3, 0.4) is 0 Å². The van der Waals surface area contributed by atoms with Gasteiger partial charge in [0.25, 0.3) is 5.78 Å². The van der Waals surface area contributed by atoms with Crippen molar-refractivity contribution in [3.63, 3.8) is 0 Å². The summed E-state index contributed by atoms with van der Waals surface area (Å²) in [6.07, 6.45) is 1.66. The van der Waals surface area contributed by atoms with Crippen LogP contribution in [-0.2, 0) is 14.3 Å². The molecule has 0 spiro atoms. The van der Waals surface area contributed by atoms with Crippen LogP contribution < -0.4 is 0 Å². The topological polar surface area (TPSA) is 46.6 Å². The van der Waals surface area contributed by atoms with Gasteiger partial charge in [0.05, 0.1) is 6.61 Å². The summed E-state index contributed by atoms with van der Waals surface area (Å²) in [7, 11) is 3.61. The third-order valence-electron chi connectivity index (χ3n) is 1.74. The van der Waals surface area contributed by atoms with Crippen LogP contribution in [0.25, 0.3) is 0 Å². The van der Waals surface area contributed by atoms with Gasteiger partial charge in [-0.15, -0.1) is 0 Å². The van der Waals surface area contributed by atoms with Crippen molar-refractivity contribution < 1.29 is 14.3 Å². The molecular formula is C11H19NO3. The number of nitrogens with zero attached hydrogens (tertiary/aromatic N) is 1. The molecule has 0 N–H and O–H groups in total. The summed E-state index contributed by atoms with van der Waals surface area (Å²) in [6, 6.07) is 0. The minimum atomic E-state index is -0.778. The Morgan fingerprint density at radius 2 is 1.87 bits per heavy atom. The first-order valence-electron chi connectivity index (χ1n) is 4.99. The molecule has 0 aromatic heterocycles. The molecule has 0 heterocycles. The zero-order valence-electron chi connectivity index (χ0n) is 10.0. The molecule has 4 nitrogen and oxygen atoms in total. The molecule has 0 amide bonds. The van der Waals surface area contributed by atoms with Crippen molar-refractivity contribution >= 4 is 11.8 Å². The van der Waals surface area contributed by atoms with E-state index in [-0.39, 0.29) is 12.5 Å². The minimum Gasteiger partial charge on any atom is -0.460 e. The van der Waals surface area contributed by atoms with E-state index in [1.54, 1.807) is 32.1 Å². The first-order chi connectivity index (χ1) is 6.90. The molecule has 0 atom stereocenters. The summed E-state index contributed by atoms with van der Waals surface area (Å²) >= 11 is 0. The van der Waals surface area contributed by atoms with Gasteiger partial charge < -0.3 is 9.64 Å². The lowest BCUT2D eigenvalue weighted by atomic mass is 10.00. The molecule has 0 aromatic rings. The van der Waals surface area contributed by atoms with Crippen molar-refractivity contribution in [2.24, 2.45) is 5.92 Å². The number of hydrogen-bond donors (Lipinski definition) is 0. The Morgan fingerprint density at radius 3 is 2.20 bits per heavy atom. The number of rotatable bonds is 5. The predicted molar refractivity (Wildman–Crippen MR) is 58.2 cm³/mol. The second kappa shape index (κ2) is 6.22.